The number of nitrogen functional groups attached to an aromatic ring is 1. The first-order valence-corrected chi connectivity index (χ1v) is 6.63. The molecule has 126 valence electrons. The van der Waals surface area contributed by atoms with E-state index in [1.807, 2.05) is 5.92 Å². The van der Waals surface area contributed by atoms with E-state index in [4.69, 9.17) is 16.2 Å². The molecule has 1 aliphatic rings. The van der Waals surface area contributed by atoms with E-state index in [2.05, 4.69) is 10.9 Å². The first kappa shape index (κ1) is 17.3. The molecule has 0 aliphatic carbocycles. The van der Waals surface area contributed by atoms with Crippen molar-refractivity contribution in [2.45, 2.75) is 37.0 Å². The first-order chi connectivity index (χ1) is 10.7. The summed E-state index contributed by atoms with van der Waals surface area (Å²) in [7, 11) is 0. The molecule has 0 aromatic carbocycles. The summed E-state index contributed by atoms with van der Waals surface area (Å²) in [5.74, 6) is 2.70. The number of nitrogens with zero attached hydrogens (tertiary/aromatic N) is 2. The van der Waals surface area contributed by atoms with Gasteiger partial charge in [-0.2, -0.15) is 4.98 Å². The second-order valence-electron chi connectivity index (χ2n) is 5.17. The van der Waals surface area contributed by atoms with Crippen molar-refractivity contribution in [1.82, 2.24) is 9.55 Å². The molecular formula is C13H16F2N4O4. The number of hydrogen-bond acceptors (Lipinski definition) is 7. The zero-order chi connectivity index (χ0) is 17.4. The summed E-state index contributed by atoms with van der Waals surface area (Å²) in [5, 5.41) is 19.9. The Labute approximate surface area is 129 Å². The Morgan fingerprint density at radius 3 is 2.87 bits per heavy atom. The van der Waals surface area contributed by atoms with E-state index in [1.165, 1.54) is 6.92 Å². The number of nitrogens with two attached hydrogens (primary N) is 2. The normalized spacial score (nSPS) is 31.5. The number of rotatable bonds is 2. The Bertz CT molecular complexity index is 714. The molecular weight excluding hydrogens is 314 g/mol. The fourth-order valence-electron chi connectivity index (χ4n) is 2.37. The molecule has 23 heavy (non-hydrogen) atoms. The molecule has 5 atom stereocenters. The second kappa shape index (κ2) is 6.21. The smallest absolute Gasteiger partial charge is 0.351 e. The lowest BCUT2D eigenvalue weighted by atomic mass is 9.90. The minimum absolute atomic E-state index is 0.616. The topological polar surface area (TPSA) is 137 Å². The van der Waals surface area contributed by atoms with Crippen molar-refractivity contribution in [2.24, 2.45) is 5.73 Å². The number of anilines is 1. The number of halogens is 2. The molecule has 8 nitrogen and oxygen atoms in total. The second-order valence-corrected chi connectivity index (χ2v) is 5.17. The lowest BCUT2D eigenvalue weighted by Gasteiger charge is -2.28. The summed E-state index contributed by atoms with van der Waals surface area (Å²) < 4.78 is 32.0. The van der Waals surface area contributed by atoms with Crippen molar-refractivity contribution in [1.29, 1.82) is 0 Å². The van der Waals surface area contributed by atoms with Crippen LogP contribution in [-0.4, -0.2) is 50.3 Å². The molecule has 0 amide bonds. The van der Waals surface area contributed by atoms with E-state index in [1.54, 1.807) is 0 Å². The Hall–Kier alpha value is -2.06. The predicted molar refractivity (Wildman–Crippen MR) is 75.1 cm³/mol. The van der Waals surface area contributed by atoms with Gasteiger partial charge in [-0.1, -0.05) is 11.8 Å². The summed E-state index contributed by atoms with van der Waals surface area (Å²) in [6.45, 7) is 0.269. The molecule has 1 fully saturated rings. The van der Waals surface area contributed by atoms with Gasteiger partial charge in [-0.3, -0.25) is 4.57 Å². The van der Waals surface area contributed by atoms with Crippen LogP contribution in [0.15, 0.2) is 11.0 Å². The minimum atomic E-state index is -1.96. The van der Waals surface area contributed by atoms with Gasteiger partial charge in [0.25, 0.3) is 0 Å². The molecule has 1 unspecified atom stereocenters. The predicted octanol–water partition coefficient (Wildman–Crippen LogP) is -1.73. The number of aliphatic hydroxyl groups is 2. The maximum atomic E-state index is 13.6. The van der Waals surface area contributed by atoms with Gasteiger partial charge in [0.2, 0.25) is 0 Å². The molecule has 6 N–H and O–H groups in total. The molecule has 0 spiro atoms. The van der Waals surface area contributed by atoms with Gasteiger partial charge in [0.05, 0.1) is 12.3 Å². The largest absolute Gasteiger partial charge is 0.391 e. The molecule has 2 rings (SSSR count). The van der Waals surface area contributed by atoms with Crippen LogP contribution in [0, 0.1) is 17.7 Å². The number of aromatic nitrogens is 2. The summed E-state index contributed by atoms with van der Waals surface area (Å²) in [4.78, 5) is 15.2. The Balaban J connectivity index is 2.58. The lowest BCUT2D eigenvalue weighted by molar-refractivity contribution is -0.0780. The van der Waals surface area contributed by atoms with Crippen LogP contribution < -0.4 is 17.2 Å². The third-order valence-corrected chi connectivity index (χ3v) is 3.53. The van der Waals surface area contributed by atoms with Crippen molar-refractivity contribution in [3.05, 3.63) is 22.5 Å². The molecule has 10 heteroatoms. The Morgan fingerprint density at radius 1 is 1.65 bits per heavy atom. The first-order valence-electron chi connectivity index (χ1n) is 6.63. The number of hydrogen-bond donors (Lipinski definition) is 4. The molecule has 1 aromatic heterocycles. The highest BCUT2D eigenvalue weighted by Gasteiger charge is 2.56. The Morgan fingerprint density at radius 2 is 2.30 bits per heavy atom. The Kier molecular flexibility index (Phi) is 4.67. The highest BCUT2D eigenvalue weighted by atomic mass is 19.1. The zero-order valence-corrected chi connectivity index (χ0v) is 12.1. The van der Waals surface area contributed by atoms with E-state index in [9.17, 15) is 23.8 Å². The van der Waals surface area contributed by atoms with E-state index in [0.29, 0.717) is 10.8 Å². The average Bonchev–Trinajstić information content (AvgIpc) is 2.74. The lowest BCUT2D eigenvalue weighted by Crippen LogP contribution is -2.55. The van der Waals surface area contributed by atoms with Crippen molar-refractivity contribution >= 4 is 5.82 Å². The van der Waals surface area contributed by atoms with Crippen LogP contribution in [0.25, 0.3) is 0 Å². The van der Waals surface area contributed by atoms with Gasteiger partial charge in [0.15, 0.2) is 23.4 Å². The SMILES string of the molecule is C[C@H](O)[C@H]1O[C@@H](n2cc(F)c(N)nc2=O)[C@@](N)(C#CCF)C1O. The van der Waals surface area contributed by atoms with Crippen LogP contribution >= 0.6 is 0 Å². The van der Waals surface area contributed by atoms with Gasteiger partial charge in [-0.05, 0) is 6.92 Å². The maximum Gasteiger partial charge on any atom is 0.351 e. The molecule has 1 aliphatic heterocycles. The molecule has 0 bridgehead atoms. The summed E-state index contributed by atoms with van der Waals surface area (Å²) in [6, 6.07) is 0. The van der Waals surface area contributed by atoms with Gasteiger partial charge >= 0.3 is 5.69 Å². The van der Waals surface area contributed by atoms with Crippen LogP contribution in [0.3, 0.4) is 0 Å². The summed E-state index contributed by atoms with van der Waals surface area (Å²) in [6.07, 6.45) is -4.74. The number of aliphatic hydroxyl groups excluding tert-OH is 2. The zero-order valence-electron chi connectivity index (χ0n) is 12.1. The van der Waals surface area contributed by atoms with E-state index in [0.717, 1.165) is 0 Å². The molecule has 0 radical (unpaired) electrons. The molecule has 1 aromatic rings. The third kappa shape index (κ3) is 2.91. The molecule has 1 saturated heterocycles. The summed E-state index contributed by atoms with van der Waals surface area (Å²) in [5.41, 5.74) is 8.23. The van der Waals surface area contributed by atoms with Crippen LogP contribution in [0.2, 0.25) is 0 Å². The van der Waals surface area contributed by atoms with Gasteiger partial charge in [-0.25, -0.2) is 13.6 Å². The van der Waals surface area contributed by atoms with Crippen LogP contribution in [0.4, 0.5) is 14.6 Å². The fraction of sp³-hybridized carbons (Fsp3) is 0.538. The van der Waals surface area contributed by atoms with Crippen LogP contribution in [0.1, 0.15) is 13.2 Å². The third-order valence-electron chi connectivity index (χ3n) is 3.53. The highest BCUT2D eigenvalue weighted by Crippen LogP contribution is 2.37. The summed E-state index contributed by atoms with van der Waals surface area (Å²) >= 11 is 0. The van der Waals surface area contributed by atoms with Crippen LogP contribution in [0.5, 0.6) is 0 Å². The van der Waals surface area contributed by atoms with Gasteiger partial charge in [-0.15, -0.1) is 0 Å². The van der Waals surface area contributed by atoms with Crippen LogP contribution in [-0.2, 0) is 4.74 Å². The quantitative estimate of drug-likeness (QED) is 0.473. The number of alkyl halides is 1. The molecule has 0 saturated carbocycles. The van der Waals surface area contributed by atoms with Crippen molar-refractivity contribution in [3.63, 3.8) is 0 Å². The van der Waals surface area contributed by atoms with Crippen molar-refractivity contribution in [3.8, 4) is 11.8 Å². The van der Waals surface area contributed by atoms with Crippen molar-refractivity contribution < 1.29 is 23.7 Å². The van der Waals surface area contributed by atoms with E-state index >= 15 is 0 Å². The average molecular weight is 330 g/mol. The monoisotopic (exact) mass is 330 g/mol. The maximum absolute atomic E-state index is 13.6. The van der Waals surface area contributed by atoms with Gasteiger partial charge < -0.3 is 26.4 Å². The fourth-order valence-corrected chi connectivity index (χ4v) is 2.37. The van der Waals surface area contributed by atoms with Crippen molar-refractivity contribution in [2.75, 3.05) is 12.4 Å². The van der Waals surface area contributed by atoms with E-state index in [-0.39, 0.29) is 0 Å². The minimum Gasteiger partial charge on any atom is -0.391 e. The van der Waals surface area contributed by atoms with Gasteiger partial charge in [0.1, 0.15) is 18.9 Å². The number of ether oxygens (including phenoxy) is 1. The highest BCUT2D eigenvalue weighted by molar-refractivity contribution is 5.29. The van der Waals surface area contributed by atoms with Gasteiger partial charge in [0, 0.05) is 0 Å². The van der Waals surface area contributed by atoms with E-state index < -0.39 is 54.1 Å². The molecule has 2 heterocycles. The standard InChI is InChI=1S/C13H16F2N4O4/c1-6(20)8-9(21)13(17,3-2-4-14)11(23-8)19-5-7(15)10(16)18-12(19)22/h5-6,8-9,11,20-21H,4,17H2,1H3,(H2,16,18,22)/t6-,8+,9?,11+,13+/m0/s1.